The van der Waals surface area contributed by atoms with Crippen LogP contribution in [-0.4, -0.2) is 20.1 Å². The molecule has 0 radical (unpaired) electrons. The molecule has 0 amide bonds. The summed E-state index contributed by atoms with van der Waals surface area (Å²) in [6.45, 7) is 7.70. The average Bonchev–Trinajstić information content (AvgIpc) is 3.09. The van der Waals surface area contributed by atoms with Crippen molar-refractivity contribution in [3.8, 4) is 11.3 Å². The molecule has 0 saturated heterocycles. The molecular formula is C22H25F2N3O. The van der Waals surface area contributed by atoms with Crippen LogP contribution >= 0.6 is 0 Å². The molecular weight excluding hydrogens is 360 g/mol. The molecule has 6 heteroatoms. The zero-order chi connectivity index (χ0) is 20.5. The Hall–Kier alpha value is -2.60. The molecule has 3 rings (SSSR count). The summed E-state index contributed by atoms with van der Waals surface area (Å²) in [5.41, 5.74) is 0.757. The molecule has 2 aromatic heterocycles. The summed E-state index contributed by atoms with van der Waals surface area (Å²) in [4.78, 5) is 11.3. The van der Waals surface area contributed by atoms with Crippen LogP contribution < -0.4 is 0 Å². The number of halogens is 2. The van der Waals surface area contributed by atoms with Crippen molar-refractivity contribution in [1.82, 2.24) is 15.0 Å². The number of pyridine rings is 1. The quantitative estimate of drug-likeness (QED) is 0.641. The third kappa shape index (κ3) is 4.44. The number of H-pyrrole nitrogens is 1. The zero-order valence-electron chi connectivity index (χ0n) is 16.5. The lowest BCUT2D eigenvalue weighted by atomic mass is 9.91. The molecule has 2 heterocycles. The number of benzene rings is 1. The van der Waals surface area contributed by atoms with Crippen LogP contribution in [-0.2, 0) is 12.0 Å². The zero-order valence-corrected chi connectivity index (χ0v) is 16.5. The van der Waals surface area contributed by atoms with Gasteiger partial charge in [0.25, 0.3) is 0 Å². The van der Waals surface area contributed by atoms with Gasteiger partial charge in [0.05, 0.1) is 11.9 Å². The van der Waals surface area contributed by atoms with Crippen molar-refractivity contribution in [2.75, 3.05) is 0 Å². The second kappa shape index (κ2) is 7.43. The van der Waals surface area contributed by atoms with Gasteiger partial charge in [-0.15, -0.1) is 0 Å². The maximum absolute atomic E-state index is 15.2. The highest BCUT2D eigenvalue weighted by Crippen LogP contribution is 2.37. The van der Waals surface area contributed by atoms with E-state index in [1.54, 1.807) is 36.5 Å². The van der Waals surface area contributed by atoms with E-state index in [1.807, 2.05) is 0 Å². The minimum absolute atomic E-state index is 0.0506. The van der Waals surface area contributed by atoms with Gasteiger partial charge in [-0.25, -0.2) is 13.8 Å². The van der Waals surface area contributed by atoms with E-state index in [4.69, 9.17) is 0 Å². The summed E-state index contributed by atoms with van der Waals surface area (Å²) in [5.74, 6) is -0.215. The molecule has 2 N–H and O–H groups in total. The molecule has 148 valence electrons. The molecule has 0 aliphatic heterocycles. The normalized spacial score (nSPS) is 15.2. The number of rotatable bonds is 5. The van der Waals surface area contributed by atoms with Crippen LogP contribution in [0.5, 0.6) is 0 Å². The van der Waals surface area contributed by atoms with Crippen molar-refractivity contribution in [2.45, 2.75) is 45.9 Å². The van der Waals surface area contributed by atoms with Gasteiger partial charge >= 0.3 is 0 Å². The minimum Gasteiger partial charge on any atom is -0.379 e. The number of aromatic nitrogens is 3. The van der Waals surface area contributed by atoms with Crippen molar-refractivity contribution in [1.29, 1.82) is 0 Å². The molecule has 0 bridgehead atoms. The Morgan fingerprint density at radius 3 is 2.25 bits per heavy atom. The van der Waals surface area contributed by atoms with Crippen LogP contribution in [0.4, 0.5) is 8.78 Å². The van der Waals surface area contributed by atoms with Gasteiger partial charge in [0.15, 0.2) is 11.8 Å². The topological polar surface area (TPSA) is 61.8 Å². The van der Waals surface area contributed by atoms with Crippen LogP contribution in [0.2, 0.25) is 0 Å². The fourth-order valence-corrected chi connectivity index (χ4v) is 3.09. The van der Waals surface area contributed by atoms with Gasteiger partial charge in [-0.1, -0.05) is 45.0 Å². The van der Waals surface area contributed by atoms with Gasteiger partial charge in [0, 0.05) is 17.5 Å². The molecule has 2 unspecified atom stereocenters. The Balaban J connectivity index is 1.80. The van der Waals surface area contributed by atoms with Gasteiger partial charge in [-0.05, 0) is 36.5 Å². The first-order chi connectivity index (χ1) is 13.1. The largest absolute Gasteiger partial charge is 0.379 e. The standard InChI is InChI=1S/C22H25F2N3O/c1-21(2,3)11-17-13-26-20(27-17)22(4,28)19(24)15-7-5-14(6-8-15)18-10-9-16(23)12-25-18/h5-10,12-13,19,28H,11H2,1-4H3,(H,26,27). The van der Waals surface area contributed by atoms with Crippen molar-refractivity contribution in [3.63, 3.8) is 0 Å². The first-order valence-electron chi connectivity index (χ1n) is 9.19. The monoisotopic (exact) mass is 385 g/mol. The highest BCUT2D eigenvalue weighted by molar-refractivity contribution is 5.59. The van der Waals surface area contributed by atoms with E-state index >= 15 is 4.39 Å². The number of aliphatic hydroxyl groups is 1. The Morgan fingerprint density at radius 2 is 1.68 bits per heavy atom. The lowest BCUT2D eigenvalue weighted by Crippen LogP contribution is -2.29. The van der Waals surface area contributed by atoms with Crippen molar-refractivity contribution in [2.24, 2.45) is 5.41 Å². The molecule has 3 aromatic rings. The third-order valence-corrected chi connectivity index (χ3v) is 4.55. The average molecular weight is 385 g/mol. The maximum Gasteiger partial charge on any atom is 0.161 e. The Labute approximate surface area is 163 Å². The fourth-order valence-electron chi connectivity index (χ4n) is 3.09. The number of alkyl halides is 1. The maximum atomic E-state index is 15.2. The van der Waals surface area contributed by atoms with E-state index in [0.29, 0.717) is 11.3 Å². The second-order valence-corrected chi connectivity index (χ2v) is 8.49. The van der Waals surface area contributed by atoms with Gasteiger partial charge in [-0.3, -0.25) is 4.98 Å². The van der Waals surface area contributed by atoms with Crippen molar-refractivity contribution >= 4 is 0 Å². The summed E-state index contributed by atoms with van der Waals surface area (Å²) in [6.07, 6.45) is 1.85. The SMILES string of the molecule is CC(C)(C)Cc1cnc(C(C)(O)C(F)c2ccc(-c3ccc(F)cn3)cc2)[nH]1. The predicted molar refractivity (Wildman–Crippen MR) is 105 cm³/mol. The molecule has 0 aliphatic carbocycles. The van der Waals surface area contributed by atoms with Crippen LogP contribution in [0.1, 0.15) is 50.9 Å². The van der Waals surface area contributed by atoms with Crippen LogP contribution in [0.3, 0.4) is 0 Å². The van der Waals surface area contributed by atoms with E-state index in [1.165, 1.54) is 13.0 Å². The van der Waals surface area contributed by atoms with Gasteiger partial charge < -0.3 is 10.1 Å². The number of hydrogen-bond acceptors (Lipinski definition) is 3. The third-order valence-electron chi connectivity index (χ3n) is 4.55. The Bertz CT molecular complexity index is 926. The minimum atomic E-state index is -1.80. The number of nitrogens with one attached hydrogen (secondary N) is 1. The summed E-state index contributed by atoms with van der Waals surface area (Å²) in [5, 5.41) is 10.8. The van der Waals surface area contributed by atoms with Gasteiger partial charge in [-0.2, -0.15) is 0 Å². The van der Waals surface area contributed by atoms with E-state index in [0.717, 1.165) is 23.9 Å². The summed E-state index contributed by atoms with van der Waals surface area (Å²) in [7, 11) is 0. The molecule has 2 atom stereocenters. The van der Waals surface area contributed by atoms with Gasteiger partial charge in [0.1, 0.15) is 11.6 Å². The molecule has 1 aromatic carbocycles. The van der Waals surface area contributed by atoms with Crippen molar-refractivity contribution < 1.29 is 13.9 Å². The van der Waals surface area contributed by atoms with Crippen molar-refractivity contribution in [3.05, 3.63) is 71.7 Å². The summed E-state index contributed by atoms with van der Waals surface area (Å²) in [6, 6.07) is 9.48. The molecule has 4 nitrogen and oxygen atoms in total. The van der Waals surface area contributed by atoms with E-state index in [9.17, 15) is 9.50 Å². The predicted octanol–water partition coefficient (Wildman–Crippen LogP) is 5.12. The Kier molecular flexibility index (Phi) is 5.35. The summed E-state index contributed by atoms with van der Waals surface area (Å²) < 4.78 is 28.2. The number of nitrogens with zero attached hydrogens (tertiary/aromatic N) is 2. The second-order valence-electron chi connectivity index (χ2n) is 8.49. The Morgan fingerprint density at radius 1 is 1.00 bits per heavy atom. The van der Waals surface area contributed by atoms with E-state index < -0.39 is 17.6 Å². The van der Waals surface area contributed by atoms with Crippen LogP contribution in [0.15, 0.2) is 48.8 Å². The molecule has 28 heavy (non-hydrogen) atoms. The first-order valence-corrected chi connectivity index (χ1v) is 9.19. The van der Waals surface area contributed by atoms with E-state index in [2.05, 4.69) is 35.7 Å². The molecule has 0 spiro atoms. The number of hydrogen-bond donors (Lipinski definition) is 2. The first kappa shape index (κ1) is 20.1. The van der Waals surface area contributed by atoms with Gasteiger partial charge in [0.2, 0.25) is 0 Å². The number of aromatic amines is 1. The van der Waals surface area contributed by atoms with Crippen LogP contribution in [0, 0.1) is 11.2 Å². The van der Waals surface area contributed by atoms with Crippen LogP contribution in [0.25, 0.3) is 11.3 Å². The molecule has 0 aliphatic rings. The smallest absolute Gasteiger partial charge is 0.161 e. The number of imidazole rings is 1. The molecule has 0 saturated carbocycles. The highest BCUT2D eigenvalue weighted by Gasteiger charge is 2.38. The summed E-state index contributed by atoms with van der Waals surface area (Å²) >= 11 is 0. The lowest BCUT2D eigenvalue weighted by Gasteiger charge is -2.26. The van der Waals surface area contributed by atoms with E-state index in [-0.39, 0.29) is 11.2 Å². The fraction of sp³-hybridized carbons (Fsp3) is 0.364. The molecule has 0 fully saturated rings. The lowest BCUT2D eigenvalue weighted by molar-refractivity contribution is -0.0328. The highest BCUT2D eigenvalue weighted by atomic mass is 19.1.